The largest absolute Gasteiger partial charge is 0.353 e. The Hall–Kier alpha value is -1.82. The van der Waals surface area contributed by atoms with Crippen molar-refractivity contribution in [1.29, 1.82) is 0 Å². The Morgan fingerprint density at radius 3 is 3.04 bits per heavy atom. The fourth-order valence-corrected chi connectivity index (χ4v) is 4.17. The van der Waals surface area contributed by atoms with Crippen LogP contribution in [0.15, 0.2) is 24.5 Å². The Labute approximate surface area is 147 Å². The number of aryl methyl sites for hydroxylation is 2. The molecule has 5 nitrogen and oxygen atoms in total. The van der Waals surface area contributed by atoms with Crippen LogP contribution in [0.4, 0.5) is 4.79 Å². The van der Waals surface area contributed by atoms with Crippen molar-refractivity contribution in [3.05, 3.63) is 40.1 Å². The molecule has 3 heterocycles. The lowest BCUT2D eigenvalue weighted by atomic mass is 10.00. The highest BCUT2D eigenvalue weighted by molar-refractivity contribution is 7.11. The third-order valence-electron chi connectivity index (χ3n) is 4.65. The van der Waals surface area contributed by atoms with Gasteiger partial charge < -0.3 is 14.8 Å². The number of nitrogens with one attached hydrogen (secondary N) is 1. The average molecular weight is 346 g/mol. The van der Waals surface area contributed by atoms with Crippen molar-refractivity contribution in [2.75, 3.05) is 13.1 Å². The summed E-state index contributed by atoms with van der Waals surface area (Å²) in [5.41, 5.74) is 1.22. The van der Waals surface area contributed by atoms with Crippen molar-refractivity contribution in [2.24, 2.45) is 7.05 Å². The number of carbonyl (C=O) groups is 1. The normalized spacial score (nSPS) is 17.9. The molecule has 2 aromatic heterocycles. The van der Waals surface area contributed by atoms with E-state index in [2.05, 4.69) is 27.9 Å². The van der Waals surface area contributed by atoms with Gasteiger partial charge in [0.1, 0.15) is 0 Å². The third-order valence-corrected chi connectivity index (χ3v) is 5.86. The summed E-state index contributed by atoms with van der Waals surface area (Å²) in [4.78, 5) is 20.4. The first-order valence-electron chi connectivity index (χ1n) is 8.78. The molecule has 1 fully saturated rings. The fourth-order valence-electron chi connectivity index (χ4n) is 3.31. The number of thiazole rings is 1. The van der Waals surface area contributed by atoms with Crippen LogP contribution in [0.2, 0.25) is 0 Å². The van der Waals surface area contributed by atoms with E-state index in [4.69, 9.17) is 0 Å². The molecule has 0 saturated carbocycles. The van der Waals surface area contributed by atoms with Crippen molar-refractivity contribution in [3.63, 3.8) is 0 Å². The Morgan fingerprint density at radius 1 is 1.46 bits per heavy atom. The third kappa shape index (κ3) is 3.80. The second-order valence-electron chi connectivity index (χ2n) is 6.30. The van der Waals surface area contributed by atoms with Crippen LogP contribution in [0, 0.1) is 0 Å². The number of carbonyl (C=O) groups excluding carboxylic acids is 1. The van der Waals surface area contributed by atoms with Gasteiger partial charge in [0.2, 0.25) is 0 Å². The van der Waals surface area contributed by atoms with Gasteiger partial charge in [-0.3, -0.25) is 0 Å². The van der Waals surface area contributed by atoms with E-state index in [0.29, 0.717) is 6.54 Å². The molecule has 1 saturated heterocycles. The number of urea groups is 1. The first kappa shape index (κ1) is 17.0. The van der Waals surface area contributed by atoms with E-state index >= 15 is 0 Å². The molecule has 6 heteroatoms. The number of hydrogen-bond donors (Lipinski definition) is 1. The van der Waals surface area contributed by atoms with E-state index in [9.17, 15) is 4.79 Å². The van der Waals surface area contributed by atoms with Gasteiger partial charge in [0.05, 0.1) is 11.0 Å². The van der Waals surface area contributed by atoms with Gasteiger partial charge in [-0.2, -0.15) is 0 Å². The molecule has 130 valence electrons. The van der Waals surface area contributed by atoms with Crippen molar-refractivity contribution >= 4 is 17.4 Å². The topological polar surface area (TPSA) is 50.2 Å². The molecule has 0 spiro atoms. The smallest absolute Gasteiger partial charge is 0.317 e. The van der Waals surface area contributed by atoms with Crippen LogP contribution in [0.1, 0.15) is 47.8 Å². The van der Waals surface area contributed by atoms with Gasteiger partial charge in [0, 0.05) is 49.5 Å². The van der Waals surface area contributed by atoms with Crippen LogP contribution >= 0.6 is 11.3 Å². The van der Waals surface area contributed by atoms with Gasteiger partial charge in [-0.15, -0.1) is 11.3 Å². The molecule has 1 atom stereocenters. The molecule has 1 unspecified atom stereocenters. The number of rotatable bonds is 5. The minimum atomic E-state index is 0.0492. The molecule has 0 aromatic carbocycles. The average Bonchev–Trinajstić information content (AvgIpc) is 3.23. The maximum Gasteiger partial charge on any atom is 0.317 e. The Morgan fingerprint density at radius 2 is 2.33 bits per heavy atom. The van der Waals surface area contributed by atoms with Crippen LogP contribution in [-0.4, -0.2) is 33.6 Å². The second-order valence-corrected chi connectivity index (χ2v) is 7.50. The highest BCUT2D eigenvalue weighted by atomic mass is 32.1. The molecule has 0 bridgehead atoms. The van der Waals surface area contributed by atoms with Gasteiger partial charge in [0.25, 0.3) is 0 Å². The molecule has 2 amide bonds. The highest BCUT2D eigenvalue weighted by Crippen LogP contribution is 2.30. The lowest BCUT2D eigenvalue weighted by Crippen LogP contribution is -2.45. The summed E-state index contributed by atoms with van der Waals surface area (Å²) in [5, 5.41) is 4.19. The maximum absolute atomic E-state index is 12.7. The first-order chi connectivity index (χ1) is 11.7. The summed E-state index contributed by atoms with van der Waals surface area (Å²) >= 11 is 1.74. The number of aromatic nitrogens is 2. The summed E-state index contributed by atoms with van der Waals surface area (Å²) in [7, 11) is 2.05. The van der Waals surface area contributed by atoms with E-state index in [1.54, 1.807) is 11.3 Å². The molecule has 2 aromatic rings. The van der Waals surface area contributed by atoms with E-state index in [1.165, 1.54) is 17.0 Å². The van der Waals surface area contributed by atoms with Gasteiger partial charge in [-0.1, -0.05) is 6.92 Å². The van der Waals surface area contributed by atoms with Crippen LogP contribution in [0.3, 0.4) is 0 Å². The highest BCUT2D eigenvalue weighted by Gasteiger charge is 2.29. The number of piperidine rings is 1. The second kappa shape index (κ2) is 7.83. The van der Waals surface area contributed by atoms with Gasteiger partial charge in [-0.25, -0.2) is 9.78 Å². The van der Waals surface area contributed by atoms with Gasteiger partial charge in [-0.05, 0) is 37.8 Å². The van der Waals surface area contributed by atoms with Crippen LogP contribution in [0.5, 0.6) is 0 Å². The van der Waals surface area contributed by atoms with Crippen molar-refractivity contribution in [1.82, 2.24) is 19.8 Å². The summed E-state index contributed by atoms with van der Waals surface area (Å²) < 4.78 is 2.12. The number of amides is 2. The number of nitrogens with zero attached hydrogens (tertiary/aromatic N) is 3. The van der Waals surface area contributed by atoms with Crippen LogP contribution in [0.25, 0.3) is 0 Å². The number of hydrogen-bond acceptors (Lipinski definition) is 3. The Bertz CT molecular complexity index is 678. The molecule has 1 aliphatic heterocycles. The lowest BCUT2D eigenvalue weighted by Gasteiger charge is -2.36. The molecular weight excluding hydrogens is 320 g/mol. The van der Waals surface area contributed by atoms with Crippen molar-refractivity contribution in [3.8, 4) is 0 Å². The molecule has 1 N–H and O–H groups in total. The molecular formula is C18H26N4OS. The first-order valence-corrected chi connectivity index (χ1v) is 9.60. The standard InChI is InChI=1S/C18H26N4OS/c1-3-14-13-20-17(24-14)9-10-19-18(23)22-12-5-4-7-16(22)15-8-6-11-21(15)2/h6,8,11,13,16H,3-5,7,9-10,12H2,1-2H3,(H,19,23). The fraction of sp³-hybridized carbons (Fsp3) is 0.556. The van der Waals surface area contributed by atoms with E-state index in [-0.39, 0.29) is 12.1 Å². The summed E-state index contributed by atoms with van der Waals surface area (Å²) in [6.45, 7) is 3.61. The molecule has 1 aliphatic rings. The van der Waals surface area contributed by atoms with Crippen LogP contribution in [-0.2, 0) is 19.9 Å². The zero-order valence-electron chi connectivity index (χ0n) is 14.5. The lowest BCUT2D eigenvalue weighted by molar-refractivity contribution is 0.148. The predicted octanol–water partition coefficient (Wildman–Crippen LogP) is 3.52. The monoisotopic (exact) mass is 346 g/mol. The Balaban J connectivity index is 1.57. The molecule has 0 radical (unpaired) electrons. The summed E-state index contributed by atoms with van der Waals surface area (Å²) in [6.07, 6.45) is 9.12. The molecule has 24 heavy (non-hydrogen) atoms. The molecule has 0 aliphatic carbocycles. The van der Waals surface area contributed by atoms with E-state index in [1.807, 2.05) is 30.4 Å². The zero-order chi connectivity index (χ0) is 16.9. The quantitative estimate of drug-likeness (QED) is 0.900. The van der Waals surface area contributed by atoms with Crippen LogP contribution < -0.4 is 5.32 Å². The minimum absolute atomic E-state index is 0.0492. The SMILES string of the molecule is CCc1cnc(CCNC(=O)N2CCCCC2c2cccn2C)s1. The zero-order valence-corrected chi connectivity index (χ0v) is 15.3. The van der Waals surface area contributed by atoms with Gasteiger partial charge >= 0.3 is 6.03 Å². The predicted molar refractivity (Wildman–Crippen MR) is 97.3 cm³/mol. The van der Waals surface area contributed by atoms with Gasteiger partial charge in [0.15, 0.2) is 0 Å². The van der Waals surface area contributed by atoms with E-state index < -0.39 is 0 Å². The summed E-state index contributed by atoms with van der Waals surface area (Å²) in [5.74, 6) is 0. The van der Waals surface area contributed by atoms with Crippen molar-refractivity contribution < 1.29 is 4.79 Å². The number of likely N-dealkylation sites (tertiary alicyclic amines) is 1. The van der Waals surface area contributed by atoms with E-state index in [0.717, 1.165) is 37.2 Å². The maximum atomic E-state index is 12.7. The minimum Gasteiger partial charge on any atom is -0.353 e. The van der Waals surface area contributed by atoms with Crippen molar-refractivity contribution in [2.45, 2.75) is 45.1 Å². The molecule has 3 rings (SSSR count). The Kier molecular flexibility index (Phi) is 5.56. The summed E-state index contributed by atoms with van der Waals surface area (Å²) in [6, 6.07) is 4.41.